The average Bonchev–Trinajstić information content (AvgIpc) is 3.23. The molecule has 2 atom stereocenters. The van der Waals surface area contributed by atoms with Gasteiger partial charge in [-0.1, -0.05) is 11.2 Å². The number of hydrogen-bond donors (Lipinski definition) is 1. The van der Waals surface area contributed by atoms with E-state index < -0.39 is 6.67 Å². The van der Waals surface area contributed by atoms with E-state index in [1.165, 1.54) is 6.42 Å². The van der Waals surface area contributed by atoms with Crippen LogP contribution in [0.15, 0.2) is 35.0 Å². The second-order valence-corrected chi connectivity index (χ2v) is 10.6. The summed E-state index contributed by atoms with van der Waals surface area (Å²) in [5, 5.41) is 12.7. The molecule has 3 aromatic rings. The van der Waals surface area contributed by atoms with Gasteiger partial charge in [0.1, 0.15) is 6.67 Å². The minimum atomic E-state index is -0.584. The van der Waals surface area contributed by atoms with Gasteiger partial charge in [-0.05, 0) is 69.0 Å². The minimum Gasteiger partial charge on any atom is -0.358 e. The van der Waals surface area contributed by atoms with Gasteiger partial charge in [0.25, 0.3) is 5.91 Å². The smallest absolute Gasteiger partial charge is 0.252 e. The van der Waals surface area contributed by atoms with Gasteiger partial charge in [0, 0.05) is 49.2 Å². The van der Waals surface area contributed by atoms with Crippen LogP contribution < -0.4 is 5.32 Å². The van der Waals surface area contributed by atoms with Crippen LogP contribution >= 0.6 is 0 Å². The maximum absolute atomic E-state index is 12.9. The molecule has 3 fully saturated rings. The number of aryl methyl sites for hydroxylation is 1. The van der Waals surface area contributed by atoms with Crippen LogP contribution in [0.2, 0.25) is 0 Å². The van der Waals surface area contributed by atoms with Crippen molar-refractivity contribution in [3.8, 4) is 0 Å². The first kappa shape index (κ1) is 21.8. The Labute approximate surface area is 198 Å². The Hall–Kier alpha value is -2.74. The quantitative estimate of drug-likeness (QED) is 0.571. The summed E-state index contributed by atoms with van der Waals surface area (Å²) in [4.78, 5) is 15.5. The van der Waals surface area contributed by atoms with Crippen LogP contribution in [0, 0.1) is 11.8 Å². The third-order valence-corrected chi connectivity index (χ3v) is 8.36. The maximum atomic E-state index is 12.9. The topological polar surface area (TPSA) is 76.2 Å². The summed E-state index contributed by atoms with van der Waals surface area (Å²) in [7, 11) is 1.88. The lowest BCUT2D eigenvalue weighted by atomic mass is 9.84. The Bertz CT molecular complexity index is 1200. The van der Waals surface area contributed by atoms with Gasteiger partial charge in [-0.25, -0.2) is 4.39 Å². The van der Waals surface area contributed by atoms with Gasteiger partial charge >= 0.3 is 0 Å². The lowest BCUT2D eigenvalue weighted by Crippen LogP contribution is -2.38. The summed E-state index contributed by atoms with van der Waals surface area (Å²) >= 11 is 0. The maximum Gasteiger partial charge on any atom is 0.252 e. The molecule has 3 heterocycles. The summed E-state index contributed by atoms with van der Waals surface area (Å²) in [5.41, 5.74) is 2.62. The number of halogens is 1. The van der Waals surface area contributed by atoms with E-state index in [0.717, 1.165) is 68.3 Å². The molecule has 3 aliphatic rings. The highest BCUT2D eigenvalue weighted by Crippen LogP contribution is 2.58. The zero-order valence-corrected chi connectivity index (χ0v) is 19.7. The molecule has 8 heteroatoms. The van der Waals surface area contributed by atoms with Gasteiger partial charge < -0.3 is 14.7 Å². The third-order valence-electron chi connectivity index (χ3n) is 8.36. The van der Waals surface area contributed by atoms with Crippen molar-refractivity contribution in [2.45, 2.75) is 56.7 Å². The number of rotatable bonds is 7. The summed E-state index contributed by atoms with van der Waals surface area (Å²) in [6.45, 7) is 2.65. The van der Waals surface area contributed by atoms with Gasteiger partial charge in [0.15, 0.2) is 5.76 Å². The average molecular weight is 466 g/mol. The number of amides is 1. The number of hydrogen-bond acceptors (Lipinski definition) is 5. The predicted octanol–water partition coefficient (Wildman–Crippen LogP) is 3.98. The molecule has 34 heavy (non-hydrogen) atoms. The summed E-state index contributed by atoms with van der Waals surface area (Å²) in [5.74, 6) is 1.70. The number of piperidine rings is 1. The number of likely N-dealkylation sites (tertiary alicyclic amines) is 1. The predicted molar refractivity (Wildman–Crippen MR) is 126 cm³/mol. The fourth-order valence-electron chi connectivity index (χ4n) is 6.35. The van der Waals surface area contributed by atoms with E-state index in [2.05, 4.69) is 20.5 Å². The largest absolute Gasteiger partial charge is 0.358 e. The van der Waals surface area contributed by atoms with Crippen LogP contribution in [0.3, 0.4) is 0 Å². The van der Waals surface area contributed by atoms with Crippen LogP contribution in [0.4, 0.5) is 4.39 Å². The molecular weight excluding hydrogens is 433 g/mol. The lowest BCUT2D eigenvalue weighted by Gasteiger charge is -2.30. The highest BCUT2D eigenvalue weighted by molar-refractivity contribution is 6.06. The molecule has 1 amide bonds. The van der Waals surface area contributed by atoms with Crippen molar-refractivity contribution < 1.29 is 13.7 Å². The lowest BCUT2D eigenvalue weighted by molar-refractivity contribution is 0.0921. The summed E-state index contributed by atoms with van der Waals surface area (Å²) in [6.07, 6.45) is 8.66. The molecule has 2 saturated carbocycles. The SMILES string of the molecule is Cn1cc2c(C(=O)NC3CCC(CCN4CC5CC5(c5cc(CF)on5)C4)CC3)cccc2n1. The van der Waals surface area contributed by atoms with E-state index in [0.29, 0.717) is 23.2 Å². The zero-order valence-electron chi connectivity index (χ0n) is 19.7. The molecule has 1 aliphatic heterocycles. The highest BCUT2D eigenvalue weighted by Gasteiger charge is 2.62. The normalized spacial score (nSPS) is 28.8. The van der Waals surface area contributed by atoms with E-state index in [1.807, 2.05) is 37.5 Å². The van der Waals surface area contributed by atoms with Crippen molar-refractivity contribution in [1.82, 2.24) is 25.2 Å². The Balaban J connectivity index is 0.971. The molecule has 1 saturated heterocycles. The second-order valence-electron chi connectivity index (χ2n) is 10.6. The highest BCUT2D eigenvalue weighted by atomic mass is 19.1. The van der Waals surface area contributed by atoms with Gasteiger partial charge in [-0.15, -0.1) is 0 Å². The molecule has 1 aromatic carbocycles. The van der Waals surface area contributed by atoms with E-state index in [1.54, 1.807) is 4.68 Å². The Kier molecular flexibility index (Phi) is 5.43. The number of nitrogens with zero attached hydrogens (tertiary/aromatic N) is 4. The van der Waals surface area contributed by atoms with Crippen molar-refractivity contribution in [1.29, 1.82) is 0 Å². The number of aromatic nitrogens is 3. The molecule has 0 spiro atoms. The van der Waals surface area contributed by atoms with E-state index in [9.17, 15) is 9.18 Å². The Morgan fingerprint density at radius 2 is 2.15 bits per heavy atom. The van der Waals surface area contributed by atoms with Crippen LogP contribution in [0.5, 0.6) is 0 Å². The molecule has 7 nitrogen and oxygen atoms in total. The molecule has 2 aliphatic carbocycles. The number of carbonyl (C=O) groups excluding carboxylic acids is 1. The fourth-order valence-corrected chi connectivity index (χ4v) is 6.35. The molecule has 180 valence electrons. The van der Waals surface area contributed by atoms with Crippen molar-refractivity contribution in [3.63, 3.8) is 0 Å². The van der Waals surface area contributed by atoms with Crippen molar-refractivity contribution in [3.05, 3.63) is 47.5 Å². The van der Waals surface area contributed by atoms with Gasteiger partial charge in [0.2, 0.25) is 0 Å². The first-order chi connectivity index (χ1) is 16.5. The minimum absolute atomic E-state index is 0.00686. The third kappa shape index (κ3) is 3.91. The van der Waals surface area contributed by atoms with E-state index >= 15 is 0 Å². The molecular formula is C26H32FN5O2. The van der Waals surface area contributed by atoms with Crippen LogP contribution in [0.1, 0.15) is 60.3 Å². The Morgan fingerprint density at radius 3 is 2.94 bits per heavy atom. The van der Waals surface area contributed by atoms with Gasteiger partial charge in [-0.3, -0.25) is 9.48 Å². The first-order valence-electron chi connectivity index (χ1n) is 12.5. The molecule has 0 bridgehead atoms. The van der Waals surface area contributed by atoms with Crippen molar-refractivity contribution in [2.24, 2.45) is 18.9 Å². The number of alkyl halides is 1. The monoisotopic (exact) mass is 465 g/mol. The van der Waals surface area contributed by atoms with Crippen LogP contribution in [0.25, 0.3) is 10.9 Å². The number of benzene rings is 1. The molecule has 2 aromatic heterocycles. The number of fused-ring (bicyclic) bond motifs is 2. The zero-order chi connectivity index (χ0) is 23.3. The number of nitrogens with one attached hydrogen (secondary N) is 1. The Morgan fingerprint density at radius 1 is 1.29 bits per heavy atom. The standard InChI is InChI=1S/C26H32FN5O2/c1-31-15-22-21(3-2-4-23(22)29-31)25(33)28-19-7-5-17(6-8-19)9-10-32-14-18-12-26(18,16-32)24-11-20(13-27)34-30-24/h2-4,11,15,17-19H,5-10,12-14,16H2,1H3,(H,28,33). The van der Waals surface area contributed by atoms with Gasteiger partial charge in [0.05, 0.1) is 16.8 Å². The van der Waals surface area contributed by atoms with E-state index in [-0.39, 0.29) is 17.4 Å². The molecule has 0 radical (unpaired) electrons. The number of carbonyl (C=O) groups is 1. The van der Waals surface area contributed by atoms with Crippen LogP contribution in [-0.2, 0) is 19.1 Å². The summed E-state index contributed by atoms with van der Waals surface area (Å²) < 4.78 is 19.7. The van der Waals surface area contributed by atoms with Crippen molar-refractivity contribution >= 4 is 16.8 Å². The van der Waals surface area contributed by atoms with Gasteiger partial charge in [-0.2, -0.15) is 5.10 Å². The van der Waals surface area contributed by atoms with Crippen molar-refractivity contribution in [2.75, 3.05) is 19.6 Å². The van der Waals surface area contributed by atoms with E-state index in [4.69, 9.17) is 4.52 Å². The molecule has 2 unspecified atom stereocenters. The molecule has 6 rings (SSSR count). The van der Waals surface area contributed by atoms with Crippen LogP contribution in [-0.4, -0.2) is 51.4 Å². The second kappa shape index (κ2) is 8.48. The summed E-state index contributed by atoms with van der Waals surface area (Å²) in [6, 6.07) is 7.78. The molecule has 1 N–H and O–H groups in total. The fraction of sp³-hybridized carbons (Fsp3) is 0.577. The first-order valence-corrected chi connectivity index (χ1v) is 12.5.